The van der Waals surface area contributed by atoms with Crippen LogP contribution in [0.1, 0.15) is 25.0 Å². The molecule has 4 heteroatoms. The molecule has 2 heterocycles. The van der Waals surface area contributed by atoms with Crippen LogP contribution in [0.25, 0.3) is 72.2 Å². The van der Waals surface area contributed by atoms with Gasteiger partial charge in [-0.1, -0.05) is 129 Å². The topological polar surface area (TPSA) is 34.0 Å². The summed E-state index contributed by atoms with van der Waals surface area (Å²) in [5.41, 5.74) is 17.5. The lowest BCUT2D eigenvalue weighted by atomic mass is 9.81. The molecule has 270 valence electrons. The van der Waals surface area contributed by atoms with E-state index >= 15 is 0 Å². The lowest BCUT2D eigenvalue weighted by Gasteiger charge is -2.26. The molecule has 0 radical (unpaired) electrons. The highest BCUT2D eigenvalue weighted by molar-refractivity contribution is 6.09. The molecule has 1 aliphatic rings. The molecule has 8 aromatic carbocycles. The monoisotopic (exact) mass is 730 g/mol. The third kappa shape index (κ3) is 5.29. The Hall–Kier alpha value is -7.30. The van der Waals surface area contributed by atoms with Crippen LogP contribution >= 0.6 is 0 Å². The summed E-state index contributed by atoms with van der Waals surface area (Å²) in [5, 5.41) is 2.51. The van der Waals surface area contributed by atoms with Gasteiger partial charge >= 0.3 is 0 Å². The molecule has 10 aromatic rings. The first kappa shape index (κ1) is 33.1. The van der Waals surface area contributed by atoms with Crippen molar-refractivity contribution in [2.24, 2.45) is 0 Å². The van der Waals surface area contributed by atoms with Crippen LogP contribution in [0.3, 0.4) is 0 Å². The molecule has 1 aliphatic carbocycles. The van der Waals surface area contributed by atoms with Crippen molar-refractivity contribution >= 4 is 49.9 Å². The van der Waals surface area contributed by atoms with Crippen LogP contribution in [0.2, 0.25) is 0 Å². The Balaban J connectivity index is 1.00. The van der Waals surface area contributed by atoms with E-state index in [1.54, 1.807) is 0 Å². The van der Waals surface area contributed by atoms with E-state index < -0.39 is 0 Å². The number of nitrogens with zero attached hydrogens (tertiary/aromatic N) is 4. The molecule has 0 fully saturated rings. The summed E-state index contributed by atoms with van der Waals surface area (Å²) in [5.74, 6) is 0. The molecule has 0 spiro atoms. The summed E-state index contributed by atoms with van der Waals surface area (Å²) >= 11 is 0. The number of benzene rings is 8. The number of rotatable bonds is 6. The number of hydrogen-bond donors (Lipinski definition) is 0. The first-order valence-corrected chi connectivity index (χ1v) is 19.6. The fourth-order valence-electron chi connectivity index (χ4n) is 9.00. The number of hydrogen-bond acceptors (Lipinski definition) is 3. The molecule has 0 aliphatic heterocycles. The predicted molar refractivity (Wildman–Crippen MR) is 237 cm³/mol. The summed E-state index contributed by atoms with van der Waals surface area (Å²) in [6.07, 6.45) is 0. The molecule has 0 saturated carbocycles. The Labute approximate surface area is 332 Å². The normalized spacial score (nSPS) is 12.9. The van der Waals surface area contributed by atoms with E-state index in [9.17, 15) is 0 Å². The van der Waals surface area contributed by atoms with Crippen molar-refractivity contribution in [3.05, 3.63) is 205 Å². The van der Waals surface area contributed by atoms with Gasteiger partial charge in [0.15, 0.2) is 0 Å². The first-order valence-electron chi connectivity index (χ1n) is 19.6. The van der Waals surface area contributed by atoms with Gasteiger partial charge in [-0.3, -0.25) is 0 Å². The Morgan fingerprint density at radius 2 is 0.912 bits per heavy atom. The predicted octanol–water partition coefficient (Wildman–Crippen LogP) is 13.8. The second kappa shape index (κ2) is 12.9. The quantitative estimate of drug-likeness (QED) is 0.171. The van der Waals surface area contributed by atoms with Gasteiger partial charge in [0.2, 0.25) is 0 Å². The molecule has 57 heavy (non-hydrogen) atoms. The highest BCUT2D eigenvalue weighted by Crippen LogP contribution is 2.50. The third-order valence-electron chi connectivity index (χ3n) is 11.8. The molecule has 4 nitrogen and oxygen atoms in total. The fourth-order valence-corrected chi connectivity index (χ4v) is 9.00. The van der Waals surface area contributed by atoms with E-state index in [2.05, 4.69) is 199 Å². The number of aromatic nitrogens is 3. The summed E-state index contributed by atoms with van der Waals surface area (Å²) in [7, 11) is 0. The maximum atomic E-state index is 5.29. The Morgan fingerprint density at radius 3 is 1.58 bits per heavy atom. The lowest BCUT2D eigenvalue weighted by molar-refractivity contribution is 0.660. The number of fused-ring (bicyclic) bond motifs is 7. The van der Waals surface area contributed by atoms with Gasteiger partial charge in [-0.25, -0.2) is 9.97 Å². The standard InChI is InChI=1S/C53H38N4/c1-53(2)45-19-9-6-16-41(45)42-33-26-36(34-46(42)53)52-51(54-47-20-10-11-21-48(47)55-52)35-24-27-38(28-25-35)56(37-14-4-3-5-15-37)39-29-31-40(32-30-39)57-49-22-12-7-17-43(49)44-18-8-13-23-50(44)57/h3-34H,1-2H3. The van der Waals surface area contributed by atoms with Crippen molar-refractivity contribution < 1.29 is 0 Å². The van der Waals surface area contributed by atoms with Gasteiger partial charge < -0.3 is 9.47 Å². The Kier molecular flexibility index (Phi) is 7.48. The molecule has 0 saturated heterocycles. The van der Waals surface area contributed by atoms with Crippen molar-refractivity contribution in [2.45, 2.75) is 19.3 Å². The maximum absolute atomic E-state index is 5.29. The van der Waals surface area contributed by atoms with Crippen LogP contribution in [0.4, 0.5) is 17.1 Å². The molecular formula is C53H38N4. The second-order valence-electron chi connectivity index (χ2n) is 15.4. The summed E-state index contributed by atoms with van der Waals surface area (Å²) in [6.45, 7) is 4.65. The molecular weight excluding hydrogens is 693 g/mol. The van der Waals surface area contributed by atoms with Gasteiger partial charge in [0.1, 0.15) is 0 Å². The zero-order valence-corrected chi connectivity index (χ0v) is 31.8. The van der Waals surface area contributed by atoms with Crippen molar-refractivity contribution in [2.75, 3.05) is 4.90 Å². The van der Waals surface area contributed by atoms with E-state index in [1.165, 1.54) is 44.1 Å². The van der Waals surface area contributed by atoms with Crippen LogP contribution in [0.5, 0.6) is 0 Å². The van der Waals surface area contributed by atoms with Gasteiger partial charge in [0.05, 0.1) is 33.5 Å². The SMILES string of the molecule is CC1(C)c2ccccc2-c2ccc(-c3nc4ccccc4nc3-c3ccc(N(c4ccccc4)c4ccc(-n5c6ccccc6c6ccccc65)cc4)cc3)cc21. The van der Waals surface area contributed by atoms with Crippen molar-refractivity contribution in [1.82, 2.24) is 14.5 Å². The minimum Gasteiger partial charge on any atom is -0.311 e. The Bertz CT molecular complexity index is 3090. The van der Waals surface area contributed by atoms with Crippen molar-refractivity contribution in [3.8, 4) is 39.3 Å². The molecule has 11 rings (SSSR count). The minimum atomic E-state index is -0.115. The van der Waals surface area contributed by atoms with Gasteiger partial charge in [0, 0.05) is 50.1 Å². The van der Waals surface area contributed by atoms with Gasteiger partial charge in [-0.05, 0) is 101 Å². The van der Waals surface area contributed by atoms with Gasteiger partial charge in [-0.2, -0.15) is 0 Å². The van der Waals surface area contributed by atoms with E-state index in [-0.39, 0.29) is 5.41 Å². The highest BCUT2D eigenvalue weighted by atomic mass is 15.1. The third-order valence-corrected chi connectivity index (χ3v) is 11.8. The average molecular weight is 731 g/mol. The highest BCUT2D eigenvalue weighted by Gasteiger charge is 2.35. The smallest absolute Gasteiger partial charge is 0.0973 e. The van der Waals surface area contributed by atoms with E-state index in [4.69, 9.17) is 9.97 Å². The number of para-hydroxylation sites is 5. The summed E-state index contributed by atoms with van der Waals surface area (Å²) in [6, 6.07) is 69.3. The zero-order chi connectivity index (χ0) is 38.1. The van der Waals surface area contributed by atoms with Crippen molar-refractivity contribution in [3.63, 3.8) is 0 Å². The van der Waals surface area contributed by atoms with Gasteiger partial charge in [-0.15, -0.1) is 0 Å². The minimum absolute atomic E-state index is 0.115. The second-order valence-corrected chi connectivity index (χ2v) is 15.4. The molecule has 0 atom stereocenters. The van der Waals surface area contributed by atoms with Crippen molar-refractivity contribution in [1.29, 1.82) is 0 Å². The van der Waals surface area contributed by atoms with E-state index in [0.717, 1.165) is 56.3 Å². The summed E-state index contributed by atoms with van der Waals surface area (Å²) in [4.78, 5) is 12.9. The zero-order valence-electron chi connectivity index (χ0n) is 31.8. The average Bonchev–Trinajstić information content (AvgIpc) is 3.72. The molecule has 0 N–H and O–H groups in total. The fraction of sp³-hybridized carbons (Fsp3) is 0.0566. The maximum Gasteiger partial charge on any atom is 0.0973 e. The van der Waals surface area contributed by atoms with Crippen LogP contribution in [0.15, 0.2) is 194 Å². The van der Waals surface area contributed by atoms with E-state index in [0.29, 0.717) is 0 Å². The van der Waals surface area contributed by atoms with Crippen LogP contribution < -0.4 is 4.90 Å². The lowest BCUT2D eigenvalue weighted by Crippen LogP contribution is -2.15. The Morgan fingerprint density at radius 1 is 0.421 bits per heavy atom. The number of anilines is 3. The van der Waals surface area contributed by atoms with Gasteiger partial charge in [0.25, 0.3) is 0 Å². The largest absolute Gasteiger partial charge is 0.311 e. The van der Waals surface area contributed by atoms with Crippen LogP contribution in [-0.4, -0.2) is 14.5 Å². The van der Waals surface area contributed by atoms with Crippen LogP contribution in [0, 0.1) is 0 Å². The molecule has 0 bridgehead atoms. The molecule has 2 aromatic heterocycles. The molecule has 0 amide bonds. The van der Waals surface area contributed by atoms with E-state index in [1.807, 2.05) is 18.2 Å². The first-order chi connectivity index (χ1) is 28.0. The van der Waals surface area contributed by atoms with Crippen LogP contribution in [-0.2, 0) is 5.41 Å². The molecule has 0 unspecified atom stereocenters. The summed E-state index contributed by atoms with van der Waals surface area (Å²) < 4.78 is 2.36.